The maximum Gasteiger partial charge on any atom is 0.237 e. The van der Waals surface area contributed by atoms with Gasteiger partial charge in [-0.25, -0.2) is 0 Å². The van der Waals surface area contributed by atoms with Crippen LogP contribution < -0.4 is 14.8 Å². The van der Waals surface area contributed by atoms with Crippen LogP contribution in [-0.4, -0.2) is 43.7 Å². The van der Waals surface area contributed by atoms with Crippen molar-refractivity contribution in [2.45, 2.75) is 31.3 Å². The lowest BCUT2D eigenvalue weighted by Gasteiger charge is -2.36. The number of carbonyl (C=O) groups is 1. The van der Waals surface area contributed by atoms with Gasteiger partial charge in [0.2, 0.25) is 5.91 Å². The van der Waals surface area contributed by atoms with Crippen LogP contribution in [0.1, 0.15) is 29.3 Å². The lowest BCUT2D eigenvalue weighted by atomic mass is 10.0. The molecule has 1 aliphatic carbocycles. The van der Waals surface area contributed by atoms with Gasteiger partial charge < -0.3 is 19.7 Å². The Kier molecular flexibility index (Phi) is 5.13. The standard InChI is InChI=1S/C20H24N2O3S/c1-24-15-4-6-16(7-5-15)25-13-18-17-9-11-26-19(17)8-10-22(18)20(23)12-21-14-2-3-14/h4-7,9,11,14,18,21H,2-3,8,10,12-13H2,1H3. The number of nitrogens with one attached hydrogen (secondary N) is 1. The monoisotopic (exact) mass is 372 g/mol. The van der Waals surface area contributed by atoms with Crippen molar-refractivity contribution in [3.8, 4) is 11.5 Å². The van der Waals surface area contributed by atoms with Gasteiger partial charge in [-0.1, -0.05) is 0 Å². The van der Waals surface area contributed by atoms with Crippen LogP contribution >= 0.6 is 11.3 Å². The summed E-state index contributed by atoms with van der Waals surface area (Å²) in [7, 11) is 1.65. The van der Waals surface area contributed by atoms with E-state index < -0.39 is 0 Å². The van der Waals surface area contributed by atoms with Crippen molar-refractivity contribution in [3.05, 3.63) is 46.2 Å². The third-order valence-electron chi connectivity index (χ3n) is 5.00. The fourth-order valence-electron chi connectivity index (χ4n) is 3.34. The van der Waals surface area contributed by atoms with E-state index in [1.807, 2.05) is 29.2 Å². The second-order valence-corrected chi connectivity index (χ2v) is 7.79. The number of ether oxygens (including phenoxy) is 2. The number of methoxy groups -OCH3 is 1. The van der Waals surface area contributed by atoms with Gasteiger partial charge >= 0.3 is 0 Å². The molecule has 6 heteroatoms. The molecule has 1 amide bonds. The summed E-state index contributed by atoms with van der Waals surface area (Å²) in [4.78, 5) is 16.1. The molecule has 1 aromatic carbocycles. The molecule has 1 N–H and O–H groups in total. The number of thiophene rings is 1. The summed E-state index contributed by atoms with van der Waals surface area (Å²) in [5, 5.41) is 5.45. The van der Waals surface area contributed by atoms with Gasteiger partial charge in [0.05, 0.1) is 19.7 Å². The second-order valence-electron chi connectivity index (χ2n) is 6.79. The van der Waals surface area contributed by atoms with Crippen LogP contribution in [0, 0.1) is 0 Å². The lowest BCUT2D eigenvalue weighted by Crippen LogP contribution is -2.46. The Morgan fingerprint density at radius 2 is 2.00 bits per heavy atom. The molecule has 1 aromatic heterocycles. The molecule has 2 aromatic rings. The summed E-state index contributed by atoms with van der Waals surface area (Å²) >= 11 is 1.77. The lowest BCUT2D eigenvalue weighted by molar-refractivity contribution is -0.133. The van der Waals surface area contributed by atoms with E-state index in [9.17, 15) is 4.79 Å². The number of benzene rings is 1. The van der Waals surface area contributed by atoms with Crippen molar-refractivity contribution in [1.29, 1.82) is 0 Å². The normalized spacial score (nSPS) is 19.1. The minimum Gasteiger partial charge on any atom is -0.497 e. The zero-order valence-electron chi connectivity index (χ0n) is 14.9. The predicted octanol–water partition coefficient (Wildman–Crippen LogP) is 3.01. The third-order valence-corrected chi connectivity index (χ3v) is 6.00. The Balaban J connectivity index is 1.45. The van der Waals surface area contributed by atoms with Crippen LogP contribution in [0.5, 0.6) is 11.5 Å². The summed E-state index contributed by atoms with van der Waals surface area (Å²) in [5.41, 5.74) is 1.23. The first-order chi connectivity index (χ1) is 12.7. The van der Waals surface area contributed by atoms with Crippen molar-refractivity contribution in [1.82, 2.24) is 10.2 Å². The molecule has 0 bridgehead atoms. The van der Waals surface area contributed by atoms with Crippen LogP contribution in [-0.2, 0) is 11.2 Å². The van der Waals surface area contributed by atoms with Gasteiger partial charge in [0.15, 0.2) is 0 Å². The van der Waals surface area contributed by atoms with Gasteiger partial charge in [-0.15, -0.1) is 11.3 Å². The summed E-state index contributed by atoms with van der Waals surface area (Å²) < 4.78 is 11.2. The zero-order valence-corrected chi connectivity index (χ0v) is 15.8. The maximum absolute atomic E-state index is 12.8. The Morgan fingerprint density at radius 3 is 2.73 bits per heavy atom. The minimum atomic E-state index is -0.0272. The fourth-order valence-corrected chi connectivity index (χ4v) is 4.27. The maximum atomic E-state index is 12.8. The van der Waals surface area contributed by atoms with Gasteiger partial charge in [0.25, 0.3) is 0 Å². The van der Waals surface area contributed by atoms with Crippen LogP contribution in [0.3, 0.4) is 0 Å². The molecule has 1 unspecified atom stereocenters. The largest absolute Gasteiger partial charge is 0.497 e. The van der Waals surface area contributed by atoms with Crippen molar-refractivity contribution in [2.24, 2.45) is 0 Å². The molecule has 5 nitrogen and oxygen atoms in total. The Labute approximate surface area is 157 Å². The first kappa shape index (κ1) is 17.4. The van der Waals surface area contributed by atoms with E-state index in [2.05, 4.69) is 16.8 Å². The van der Waals surface area contributed by atoms with Crippen molar-refractivity contribution in [2.75, 3.05) is 26.8 Å². The van der Waals surface area contributed by atoms with Crippen LogP contribution in [0.2, 0.25) is 0 Å². The molecule has 1 fully saturated rings. The molecule has 26 heavy (non-hydrogen) atoms. The van der Waals surface area contributed by atoms with E-state index in [1.54, 1.807) is 18.4 Å². The number of rotatable bonds is 7. The molecule has 4 rings (SSSR count). The van der Waals surface area contributed by atoms with Gasteiger partial charge in [-0.05, 0) is 60.5 Å². The number of amides is 1. The summed E-state index contributed by atoms with van der Waals surface area (Å²) in [5.74, 6) is 1.76. The quantitative estimate of drug-likeness (QED) is 0.812. The van der Waals surface area contributed by atoms with E-state index in [0.29, 0.717) is 19.2 Å². The van der Waals surface area contributed by atoms with E-state index in [0.717, 1.165) is 24.5 Å². The average molecular weight is 372 g/mol. The zero-order chi connectivity index (χ0) is 17.9. The summed E-state index contributed by atoms with van der Waals surface area (Å²) in [6.45, 7) is 1.64. The molecule has 1 atom stereocenters. The highest BCUT2D eigenvalue weighted by atomic mass is 32.1. The van der Waals surface area contributed by atoms with Crippen LogP contribution in [0.15, 0.2) is 35.7 Å². The molecule has 0 spiro atoms. The molecule has 2 aliphatic rings. The van der Waals surface area contributed by atoms with Crippen LogP contribution in [0.25, 0.3) is 0 Å². The molecule has 138 valence electrons. The highest BCUT2D eigenvalue weighted by Crippen LogP contribution is 2.34. The van der Waals surface area contributed by atoms with Crippen molar-refractivity contribution in [3.63, 3.8) is 0 Å². The number of hydrogen-bond acceptors (Lipinski definition) is 5. The molecule has 0 radical (unpaired) electrons. The van der Waals surface area contributed by atoms with E-state index in [1.165, 1.54) is 23.3 Å². The van der Waals surface area contributed by atoms with Gasteiger partial charge in [0.1, 0.15) is 18.1 Å². The minimum absolute atomic E-state index is 0.0272. The van der Waals surface area contributed by atoms with Crippen molar-refractivity contribution >= 4 is 17.2 Å². The Bertz CT molecular complexity index is 755. The number of fused-ring (bicyclic) bond motifs is 1. The van der Waals surface area contributed by atoms with Gasteiger partial charge in [-0.2, -0.15) is 0 Å². The van der Waals surface area contributed by atoms with E-state index in [-0.39, 0.29) is 11.9 Å². The SMILES string of the molecule is COc1ccc(OCC2c3ccsc3CCN2C(=O)CNC2CC2)cc1. The highest BCUT2D eigenvalue weighted by Gasteiger charge is 2.32. The number of carbonyl (C=O) groups excluding carboxylic acids is 1. The average Bonchev–Trinajstić information content (AvgIpc) is 3.39. The van der Waals surface area contributed by atoms with Crippen molar-refractivity contribution < 1.29 is 14.3 Å². The molecule has 0 saturated heterocycles. The predicted molar refractivity (Wildman–Crippen MR) is 102 cm³/mol. The first-order valence-corrected chi connectivity index (χ1v) is 9.98. The summed E-state index contributed by atoms with van der Waals surface area (Å²) in [6.07, 6.45) is 3.30. The molecular formula is C20H24N2O3S. The molecule has 1 aliphatic heterocycles. The Hall–Kier alpha value is -2.05. The molecule has 1 saturated carbocycles. The van der Waals surface area contributed by atoms with Gasteiger partial charge in [-0.3, -0.25) is 4.79 Å². The fraction of sp³-hybridized carbons (Fsp3) is 0.450. The molecular weight excluding hydrogens is 348 g/mol. The number of nitrogens with zero attached hydrogens (tertiary/aromatic N) is 1. The molecule has 2 heterocycles. The third kappa shape index (κ3) is 3.86. The van der Waals surface area contributed by atoms with Crippen LogP contribution in [0.4, 0.5) is 0 Å². The second kappa shape index (κ2) is 7.68. The van der Waals surface area contributed by atoms with Gasteiger partial charge in [0, 0.05) is 17.5 Å². The van der Waals surface area contributed by atoms with E-state index >= 15 is 0 Å². The highest BCUT2D eigenvalue weighted by molar-refractivity contribution is 7.10. The topological polar surface area (TPSA) is 50.8 Å². The summed E-state index contributed by atoms with van der Waals surface area (Å²) in [6, 6.07) is 10.2. The first-order valence-electron chi connectivity index (χ1n) is 9.10. The smallest absolute Gasteiger partial charge is 0.237 e. The van der Waals surface area contributed by atoms with E-state index in [4.69, 9.17) is 9.47 Å². The number of hydrogen-bond donors (Lipinski definition) is 1. The Morgan fingerprint density at radius 1 is 1.23 bits per heavy atom.